The van der Waals surface area contributed by atoms with Crippen LogP contribution in [0.15, 0.2) is 105 Å². The number of anilines is 2. The van der Waals surface area contributed by atoms with Crippen molar-refractivity contribution in [1.29, 1.82) is 0 Å². The molecule has 0 unspecified atom stereocenters. The zero-order chi connectivity index (χ0) is 23.6. The van der Waals surface area contributed by atoms with Crippen LogP contribution in [0.2, 0.25) is 0 Å². The number of aromatic hydroxyl groups is 1. The molecule has 175 valence electrons. The molecule has 34 heavy (non-hydrogen) atoms. The van der Waals surface area contributed by atoms with Crippen molar-refractivity contribution >= 4 is 47.7 Å². The summed E-state index contributed by atoms with van der Waals surface area (Å²) in [5, 5.41) is 21.5. The molecule has 0 atom stereocenters. The number of ketones is 1. The van der Waals surface area contributed by atoms with Crippen LogP contribution in [0.1, 0.15) is 20.9 Å². The Balaban J connectivity index is 0.000000234. The average molecular weight is 518 g/mol. The maximum Gasteiger partial charge on any atom is 0.337 e. The van der Waals surface area contributed by atoms with Gasteiger partial charge in [-0.05, 0) is 42.5 Å². The Hall–Kier alpha value is -3.92. The Bertz CT molecular complexity index is 1280. The van der Waals surface area contributed by atoms with E-state index < -0.39 is 5.97 Å². The largest absolute Gasteiger partial charge is 0.778 e. The predicted octanol–water partition coefficient (Wildman–Crippen LogP) is 5.60. The Morgan fingerprint density at radius 3 is 2.18 bits per heavy atom. The van der Waals surface area contributed by atoms with Gasteiger partial charge in [0.25, 0.3) is 0 Å². The van der Waals surface area contributed by atoms with Crippen molar-refractivity contribution in [3.8, 4) is 5.75 Å². The van der Waals surface area contributed by atoms with Crippen LogP contribution >= 0.6 is 0 Å². The molecule has 4 rings (SSSR count). The fourth-order valence-electron chi connectivity index (χ4n) is 2.68. The van der Waals surface area contributed by atoms with Crippen molar-refractivity contribution in [1.82, 2.24) is 0 Å². The van der Waals surface area contributed by atoms with Gasteiger partial charge in [0.15, 0.2) is 5.76 Å². The van der Waals surface area contributed by atoms with E-state index in [4.69, 9.17) is 22.2 Å². The number of phenolic OH excluding ortho intramolecular Hbond substituents is 1. The fraction of sp³-hybridized carbons (Fsp3) is 0. The van der Waals surface area contributed by atoms with Gasteiger partial charge in [-0.25, -0.2) is 4.79 Å². The first-order valence-electron chi connectivity index (χ1n) is 9.71. The number of hydrogen-bond donors (Lipinski definition) is 3. The van der Waals surface area contributed by atoms with Crippen molar-refractivity contribution in [2.75, 3.05) is 5.32 Å². The second kappa shape index (κ2) is 12.9. The average Bonchev–Trinajstić information content (AvgIpc) is 3.36. The van der Waals surface area contributed by atoms with Crippen molar-refractivity contribution in [2.45, 2.75) is 4.90 Å². The number of phenols is 1. The second-order valence-corrected chi connectivity index (χ2v) is 7.00. The first-order valence-corrected chi connectivity index (χ1v) is 10.1. The summed E-state index contributed by atoms with van der Waals surface area (Å²) in [7, 11) is 0. The van der Waals surface area contributed by atoms with E-state index >= 15 is 0 Å². The number of benzene rings is 3. The molecule has 0 aliphatic carbocycles. The normalized spacial score (nSPS) is 10.0. The van der Waals surface area contributed by atoms with E-state index in [2.05, 4.69) is 10.3 Å². The Kier molecular flexibility index (Phi) is 10.0. The molecule has 3 aromatic carbocycles. The third-order valence-corrected chi connectivity index (χ3v) is 4.63. The minimum Gasteiger partial charge on any atom is -0.778 e. The Labute approximate surface area is 211 Å². The zero-order valence-corrected chi connectivity index (χ0v) is 19.4. The fourth-order valence-corrected chi connectivity index (χ4v) is 2.88. The molecule has 0 aliphatic heterocycles. The second-order valence-electron chi connectivity index (χ2n) is 6.56. The van der Waals surface area contributed by atoms with E-state index in [1.54, 1.807) is 60.7 Å². The summed E-state index contributed by atoms with van der Waals surface area (Å²) in [6, 6.07) is 23.6. The van der Waals surface area contributed by atoms with Gasteiger partial charge in [-0.1, -0.05) is 42.5 Å². The van der Waals surface area contributed by atoms with Crippen LogP contribution < -0.4 is 5.32 Å². The number of hydrogen-bond acceptors (Lipinski definition) is 7. The van der Waals surface area contributed by atoms with Gasteiger partial charge in [-0.15, -0.1) is 4.90 Å². The summed E-state index contributed by atoms with van der Waals surface area (Å²) in [6.45, 7) is 0. The summed E-state index contributed by atoms with van der Waals surface area (Å²) in [6.07, 6.45) is 2.66. The Morgan fingerprint density at radius 2 is 1.53 bits per heavy atom. The molecule has 1 heterocycles. The molecule has 1 aromatic heterocycles. The molecule has 0 aliphatic rings. The third kappa shape index (κ3) is 7.31. The van der Waals surface area contributed by atoms with Gasteiger partial charge in [0.2, 0.25) is 5.78 Å². The molecule has 0 amide bonds. The maximum atomic E-state index is 11.5. The van der Waals surface area contributed by atoms with Crippen LogP contribution in [0.3, 0.4) is 0 Å². The van der Waals surface area contributed by atoms with E-state index in [1.165, 1.54) is 24.6 Å². The molecule has 4 aromatic rings. The number of carboxylic acids is 1. The number of aliphatic imine (C=N–C) groups is 1. The summed E-state index contributed by atoms with van der Waals surface area (Å²) < 4.78 is 4.95. The number of furan rings is 1. The smallest absolute Gasteiger partial charge is 0.337 e. The number of para-hydroxylation sites is 4. The first kappa shape index (κ1) is 26.3. The third-order valence-electron chi connectivity index (χ3n) is 4.28. The van der Waals surface area contributed by atoms with Crippen LogP contribution in [0.5, 0.6) is 5.75 Å². The number of aromatic carboxylic acids is 1. The van der Waals surface area contributed by atoms with Crippen molar-refractivity contribution in [2.24, 2.45) is 4.99 Å². The molecule has 3 N–H and O–H groups in total. The molecule has 9 heteroatoms. The van der Waals surface area contributed by atoms with Gasteiger partial charge >= 0.3 is 5.97 Å². The topological polar surface area (TPSA) is 112 Å². The van der Waals surface area contributed by atoms with Crippen LogP contribution in [0, 0.1) is 0 Å². The number of carboxylic acid groups (broad SMARTS) is 1. The molecule has 1 radical (unpaired) electrons. The monoisotopic (exact) mass is 518 g/mol. The van der Waals surface area contributed by atoms with Crippen molar-refractivity contribution in [3.63, 3.8) is 0 Å². The SMILES string of the molecule is O=C(C=Nc1ccccc1[S-])c1ccco1.O=C(O)c1ccccc1Nc1ccccc1O.[Co]. The Morgan fingerprint density at radius 1 is 0.882 bits per heavy atom. The minimum absolute atomic E-state index is 0. The van der Waals surface area contributed by atoms with E-state index in [1.807, 2.05) is 12.1 Å². The minimum atomic E-state index is -1.01. The summed E-state index contributed by atoms with van der Waals surface area (Å²) in [4.78, 5) is 27.1. The molecule has 0 spiro atoms. The van der Waals surface area contributed by atoms with Crippen LogP contribution in [0.25, 0.3) is 0 Å². The molecule has 7 nitrogen and oxygen atoms in total. The number of carbonyl (C=O) groups excluding carboxylic acids is 1. The molecular formula is C25H19CoN2O5S-. The summed E-state index contributed by atoms with van der Waals surface area (Å²) in [5.41, 5.74) is 1.69. The quantitative estimate of drug-likeness (QED) is 0.132. The van der Waals surface area contributed by atoms with Crippen LogP contribution in [-0.2, 0) is 29.4 Å². The van der Waals surface area contributed by atoms with Gasteiger partial charge in [0.1, 0.15) is 5.75 Å². The molecule has 0 fully saturated rings. The van der Waals surface area contributed by atoms with Gasteiger partial charge < -0.3 is 32.6 Å². The maximum absolute atomic E-state index is 11.5. The van der Waals surface area contributed by atoms with Gasteiger partial charge in [0.05, 0.1) is 29.4 Å². The van der Waals surface area contributed by atoms with Gasteiger partial charge in [0, 0.05) is 22.5 Å². The van der Waals surface area contributed by atoms with Gasteiger partial charge in [-0.2, -0.15) is 0 Å². The molecule has 0 saturated heterocycles. The standard InChI is InChI=1S/C13H11NO3.C12H9NO2S.Co/c15-12-8-4-3-7-11(12)14-10-6-2-1-5-9(10)13(16)17;14-10(11-5-3-7-15-11)8-13-9-4-1-2-6-12(9)16;/h1-8,14-15H,(H,16,17);1-8,16H;/p-1. The zero-order valence-electron chi connectivity index (χ0n) is 17.5. The molecule has 0 saturated carbocycles. The van der Waals surface area contributed by atoms with Crippen molar-refractivity contribution < 1.29 is 41.0 Å². The summed E-state index contributed by atoms with van der Waals surface area (Å²) >= 11 is 5.06. The number of carbonyl (C=O) groups is 2. The van der Waals surface area contributed by atoms with Gasteiger partial charge in [-0.3, -0.25) is 9.79 Å². The first-order chi connectivity index (χ1) is 16.0. The number of Topliss-reactive ketones (excluding diaryl/α,β-unsaturated/α-hetero) is 1. The van der Waals surface area contributed by atoms with Crippen LogP contribution in [0.4, 0.5) is 17.1 Å². The van der Waals surface area contributed by atoms with E-state index in [-0.39, 0.29) is 39.6 Å². The predicted molar refractivity (Wildman–Crippen MR) is 128 cm³/mol. The number of rotatable bonds is 6. The number of nitrogens with one attached hydrogen (secondary N) is 1. The van der Waals surface area contributed by atoms with E-state index in [0.717, 1.165) is 0 Å². The molecular weight excluding hydrogens is 499 g/mol. The van der Waals surface area contributed by atoms with E-state index in [9.17, 15) is 14.7 Å². The van der Waals surface area contributed by atoms with Crippen LogP contribution in [-0.4, -0.2) is 28.2 Å². The number of nitrogens with zero attached hydrogens (tertiary/aromatic N) is 1. The summed E-state index contributed by atoms with van der Waals surface area (Å²) in [5.74, 6) is -0.940. The van der Waals surface area contributed by atoms with E-state index in [0.29, 0.717) is 22.0 Å². The molecule has 0 bridgehead atoms. The van der Waals surface area contributed by atoms with Crippen molar-refractivity contribution in [3.05, 3.63) is 103 Å².